The molecular weight excluding hydrogens is 319 g/mol. The Hall–Kier alpha value is -0.330. The molecule has 112 valence electrons. The molecule has 2 rings (SSSR count). The van der Waals surface area contributed by atoms with E-state index in [0.717, 1.165) is 25.9 Å². The first-order valence-corrected chi connectivity index (χ1v) is 8.98. The number of piperidine rings is 1. The van der Waals surface area contributed by atoms with Gasteiger partial charge in [0.05, 0.1) is 5.75 Å². The van der Waals surface area contributed by atoms with E-state index in [2.05, 4.69) is 10.0 Å². The van der Waals surface area contributed by atoms with Gasteiger partial charge in [-0.2, -0.15) is 0 Å². The third-order valence-electron chi connectivity index (χ3n) is 3.27. The minimum absolute atomic E-state index is 0.104. The molecular formula is C13H18Cl2N2O2S. The van der Waals surface area contributed by atoms with Crippen molar-refractivity contribution in [3.05, 3.63) is 33.8 Å². The number of nitrogens with one attached hydrogen (secondary N) is 2. The smallest absolute Gasteiger partial charge is 0.215 e. The highest BCUT2D eigenvalue weighted by molar-refractivity contribution is 7.88. The van der Waals surface area contributed by atoms with Crippen LogP contribution in [-0.4, -0.2) is 28.1 Å². The van der Waals surface area contributed by atoms with E-state index >= 15 is 0 Å². The number of halogens is 2. The Labute approximate surface area is 129 Å². The van der Waals surface area contributed by atoms with Gasteiger partial charge in [-0.15, -0.1) is 0 Å². The summed E-state index contributed by atoms with van der Waals surface area (Å²) in [4.78, 5) is 0. The fraction of sp³-hybridized carbons (Fsp3) is 0.538. The Morgan fingerprint density at radius 1 is 1.25 bits per heavy atom. The maximum absolute atomic E-state index is 12.0. The summed E-state index contributed by atoms with van der Waals surface area (Å²) in [6, 6.07) is 4.82. The average Bonchev–Trinajstić information content (AvgIpc) is 2.36. The van der Waals surface area contributed by atoms with E-state index in [0.29, 0.717) is 28.1 Å². The number of hydrogen-bond acceptors (Lipinski definition) is 3. The first kappa shape index (κ1) is 16.0. The first-order chi connectivity index (χ1) is 9.44. The molecule has 0 bridgehead atoms. The zero-order chi connectivity index (χ0) is 14.6. The zero-order valence-electron chi connectivity index (χ0n) is 11.0. The predicted octanol–water partition coefficient (Wildman–Crippen LogP) is 2.41. The quantitative estimate of drug-likeness (QED) is 0.868. The van der Waals surface area contributed by atoms with Gasteiger partial charge in [-0.3, -0.25) is 0 Å². The third-order valence-corrected chi connectivity index (χ3v) is 5.03. The van der Waals surface area contributed by atoms with E-state index in [4.69, 9.17) is 23.2 Å². The van der Waals surface area contributed by atoms with Crippen molar-refractivity contribution in [1.29, 1.82) is 0 Å². The molecule has 1 unspecified atom stereocenters. The van der Waals surface area contributed by atoms with Gasteiger partial charge < -0.3 is 5.32 Å². The van der Waals surface area contributed by atoms with Crippen LogP contribution in [0.2, 0.25) is 10.0 Å². The molecule has 0 aliphatic carbocycles. The summed E-state index contributed by atoms with van der Waals surface area (Å²) in [6.07, 6.45) is 2.15. The van der Waals surface area contributed by atoms with Crippen LogP contribution in [0.3, 0.4) is 0 Å². The second kappa shape index (κ2) is 7.09. The van der Waals surface area contributed by atoms with Crippen LogP contribution < -0.4 is 10.0 Å². The van der Waals surface area contributed by atoms with Gasteiger partial charge in [0.1, 0.15) is 0 Å². The predicted molar refractivity (Wildman–Crippen MR) is 82.7 cm³/mol. The van der Waals surface area contributed by atoms with Crippen molar-refractivity contribution in [2.75, 3.05) is 19.6 Å². The Morgan fingerprint density at radius 3 is 2.55 bits per heavy atom. The van der Waals surface area contributed by atoms with Gasteiger partial charge in [0.2, 0.25) is 10.0 Å². The molecule has 1 heterocycles. The van der Waals surface area contributed by atoms with Crippen molar-refractivity contribution in [3.8, 4) is 0 Å². The molecule has 0 spiro atoms. The summed E-state index contributed by atoms with van der Waals surface area (Å²) in [7, 11) is -3.36. The fourth-order valence-corrected chi connectivity index (χ4v) is 4.08. The SMILES string of the molecule is O=S(=O)(Cc1cc(Cl)cc(Cl)c1)NCC1CCCNC1. The normalized spacial score (nSPS) is 20.0. The van der Waals surface area contributed by atoms with Gasteiger partial charge in [0.15, 0.2) is 0 Å². The molecule has 0 saturated carbocycles. The number of sulfonamides is 1. The van der Waals surface area contributed by atoms with Gasteiger partial charge >= 0.3 is 0 Å². The van der Waals surface area contributed by atoms with Crippen molar-refractivity contribution in [1.82, 2.24) is 10.0 Å². The van der Waals surface area contributed by atoms with Crippen LogP contribution in [-0.2, 0) is 15.8 Å². The van der Waals surface area contributed by atoms with Crippen molar-refractivity contribution in [3.63, 3.8) is 0 Å². The van der Waals surface area contributed by atoms with E-state index in [1.54, 1.807) is 18.2 Å². The van der Waals surface area contributed by atoms with Gasteiger partial charge in [-0.25, -0.2) is 13.1 Å². The van der Waals surface area contributed by atoms with Crippen LogP contribution >= 0.6 is 23.2 Å². The van der Waals surface area contributed by atoms with Crippen LogP contribution in [0, 0.1) is 5.92 Å². The van der Waals surface area contributed by atoms with E-state index < -0.39 is 10.0 Å². The minimum atomic E-state index is -3.36. The van der Waals surface area contributed by atoms with Crippen LogP contribution in [0.1, 0.15) is 18.4 Å². The lowest BCUT2D eigenvalue weighted by Gasteiger charge is -2.22. The number of hydrogen-bond donors (Lipinski definition) is 2. The van der Waals surface area contributed by atoms with Crippen molar-refractivity contribution < 1.29 is 8.42 Å². The number of rotatable bonds is 5. The second-order valence-corrected chi connectivity index (χ2v) is 7.78. The average molecular weight is 337 g/mol. The molecule has 0 radical (unpaired) electrons. The molecule has 1 aliphatic rings. The molecule has 4 nitrogen and oxygen atoms in total. The topological polar surface area (TPSA) is 58.2 Å². The first-order valence-electron chi connectivity index (χ1n) is 6.58. The Kier molecular flexibility index (Phi) is 5.69. The highest BCUT2D eigenvalue weighted by Crippen LogP contribution is 2.20. The van der Waals surface area contributed by atoms with Crippen molar-refractivity contribution in [2.24, 2.45) is 5.92 Å². The lowest BCUT2D eigenvalue weighted by molar-refractivity contribution is 0.376. The summed E-state index contributed by atoms with van der Waals surface area (Å²) >= 11 is 11.7. The van der Waals surface area contributed by atoms with Gasteiger partial charge in [0, 0.05) is 16.6 Å². The minimum Gasteiger partial charge on any atom is -0.316 e. The maximum Gasteiger partial charge on any atom is 0.215 e. The fourth-order valence-electron chi connectivity index (χ4n) is 2.31. The summed E-state index contributed by atoms with van der Waals surface area (Å²) in [5.74, 6) is 0.259. The maximum atomic E-state index is 12.0. The van der Waals surface area contributed by atoms with Gasteiger partial charge in [0.25, 0.3) is 0 Å². The van der Waals surface area contributed by atoms with Gasteiger partial charge in [-0.05, 0) is 55.6 Å². The molecule has 1 aromatic rings. The van der Waals surface area contributed by atoms with Crippen LogP contribution in [0.4, 0.5) is 0 Å². The molecule has 1 aromatic carbocycles. The van der Waals surface area contributed by atoms with Crippen molar-refractivity contribution in [2.45, 2.75) is 18.6 Å². The summed E-state index contributed by atoms with van der Waals surface area (Å²) in [5.41, 5.74) is 0.594. The summed E-state index contributed by atoms with van der Waals surface area (Å²) in [6.45, 7) is 2.36. The summed E-state index contributed by atoms with van der Waals surface area (Å²) < 4.78 is 26.8. The zero-order valence-corrected chi connectivity index (χ0v) is 13.4. The van der Waals surface area contributed by atoms with Crippen molar-refractivity contribution >= 4 is 33.2 Å². The molecule has 7 heteroatoms. The Balaban J connectivity index is 1.92. The molecule has 1 fully saturated rings. The molecule has 2 N–H and O–H groups in total. The lowest BCUT2D eigenvalue weighted by atomic mass is 10.0. The van der Waals surface area contributed by atoms with E-state index in [1.165, 1.54) is 0 Å². The summed E-state index contributed by atoms with van der Waals surface area (Å²) in [5, 5.41) is 4.15. The van der Waals surface area contributed by atoms with E-state index in [9.17, 15) is 8.42 Å². The highest BCUT2D eigenvalue weighted by atomic mass is 35.5. The van der Waals surface area contributed by atoms with E-state index in [-0.39, 0.29) is 5.75 Å². The van der Waals surface area contributed by atoms with Crippen LogP contribution in [0.5, 0.6) is 0 Å². The van der Waals surface area contributed by atoms with Crippen LogP contribution in [0.15, 0.2) is 18.2 Å². The monoisotopic (exact) mass is 336 g/mol. The molecule has 1 saturated heterocycles. The standard InChI is InChI=1S/C13H18Cl2N2O2S/c14-12-4-11(5-13(15)6-12)9-20(18,19)17-8-10-2-1-3-16-7-10/h4-6,10,16-17H,1-3,7-9H2. The Morgan fingerprint density at radius 2 is 1.95 bits per heavy atom. The molecule has 0 aromatic heterocycles. The molecule has 0 amide bonds. The van der Waals surface area contributed by atoms with Gasteiger partial charge in [-0.1, -0.05) is 23.2 Å². The number of benzene rings is 1. The second-order valence-electron chi connectivity index (χ2n) is 5.10. The molecule has 1 atom stereocenters. The van der Waals surface area contributed by atoms with Crippen LogP contribution in [0.25, 0.3) is 0 Å². The highest BCUT2D eigenvalue weighted by Gasteiger charge is 2.17. The molecule has 20 heavy (non-hydrogen) atoms. The Bertz CT molecular complexity index is 537. The third kappa shape index (κ3) is 5.22. The molecule has 1 aliphatic heterocycles. The lowest BCUT2D eigenvalue weighted by Crippen LogP contribution is -2.38. The van der Waals surface area contributed by atoms with E-state index in [1.807, 2.05) is 0 Å². The largest absolute Gasteiger partial charge is 0.316 e.